The van der Waals surface area contributed by atoms with Crippen LogP contribution in [-0.2, 0) is 4.84 Å². The maximum absolute atomic E-state index is 13.3. The van der Waals surface area contributed by atoms with Crippen molar-refractivity contribution in [1.29, 1.82) is 0 Å². The van der Waals surface area contributed by atoms with E-state index in [1.54, 1.807) is 0 Å². The number of halogens is 2. The molecule has 16 heavy (non-hydrogen) atoms. The Labute approximate surface area is 102 Å². The van der Waals surface area contributed by atoms with Gasteiger partial charge in [-0.05, 0) is 24.1 Å². The topological polar surface area (TPSA) is 38.3 Å². The summed E-state index contributed by atoms with van der Waals surface area (Å²) in [4.78, 5) is 16.4. The Morgan fingerprint density at radius 2 is 2.25 bits per heavy atom. The van der Waals surface area contributed by atoms with Gasteiger partial charge in [0.15, 0.2) is 0 Å². The molecule has 0 heterocycles. The molecular weight excluding hydrogens is 277 g/mol. The first kappa shape index (κ1) is 13.1. The van der Waals surface area contributed by atoms with Gasteiger partial charge in [0.25, 0.3) is 5.91 Å². The highest BCUT2D eigenvalue weighted by molar-refractivity contribution is 9.10. The third kappa shape index (κ3) is 3.90. The lowest BCUT2D eigenvalue weighted by Gasteiger charge is -2.08. The van der Waals surface area contributed by atoms with Crippen molar-refractivity contribution in [3.8, 4) is 0 Å². The summed E-state index contributed by atoms with van der Waals surface area (Å²) in [6.45, 7) is 4.29. The predicted octanol–water partition coefficient (Wildman–Crippen LogP) is 2.91. The lowest BCUT2D eigenvalue weighted by atomic mass is 10.2. The van der Waals surface area contributed by atoms with Crippen LogP contribution >= 0.6 is 15.9 Å². The molecule has 0 aliphatic carbocycles. The molecule has 1 amide bonds. The van der Waals surface area contributed by atoms with Gasteiger partial charge in [0.05, 0.1) is 12.2 Å². The summed E-state index contributed by atoms with van der Waals surface area (Å²) in [6, 6.07) is 4.16. The molecule has 0 spiro atoms. The molecule has 0 aliphatic heterocycles. The van der Waals surface area contributed by atoms with Gasteiger partial charge >= 0.3 is 0 Å². The molecule has 1 N–H and O–H groups in total. The van der Waals surface area contributed by atoms with E-state index in [1.807, 2.05) is 13.8 Å². The van der Waals surface area contributed by atoms with Gasteiger partial charge < -0.3 is 0 Å². The van der Waals surface area contributed by atoms with E-state index >= 15 is 0 Å². The summed E-state index contributed by atoms with van der Waals surface area (Å²) in [5, 5.41) is 0. The van der Waals surface area contributed by atoms with Crippen LogP contribution in [0, 0.1) is 11.7 Å². The molecule has 5 heteroatoms. The highest BCUT2D eigenvalue weighted by Crippen LogP contribution is 2.15. The van der Waals surface area contributed by atoms with Gasteiger partial charge in [-0.2, -0.15) is 0 Å². The second-order valence-corrected chi connectivity index (χ2v) is 4.68. The minimum Gasteiger partial charge on any atom is -0.273 e. The summed E-state index contributed by atoms with van der Waals surface area (Å²) in [6.07, 6.45) is 0. The van der Waals surface area contributed by atoms with Crippen LogP contribution in [0.4, 0.5) is 4.39 Å². The first-order valence-electron chi connectivity index (χ1n) is 4.88. The standard InChI is InChI=1S/C11H13BrFNO2/c1-7(2)6-16-14-11(15)9-5-8(12)3-4-10(9)13/h3-5,7H,6H2,1-2H3,(H,14,15). The molecule has 0 aromatic heterocycles. The van der Waals surface area contributed by atoms with Crippen molar-refractivity contribution in [1.82, 2.24) is 5.48 Å². The monoisotopic (exact) mass is 289 g/mol. The minimum atomic E-state index is -0.584. The smallest absolute Gasteiger partial charge is 0.273 e. The van der Waals surface area contributed by atoms with Crippen LogP contribution in [0.15, 0.2) is 22.7 Å². The van der Waals surface area contributed by atoms with E-state index in [1.165, 1.54) is 18.2 Å². The minimum absolute atomic E-state index is 0.0434. The van der Waals surface area contributed by atoms with E-state index < -0.39 is 11.7 Å². The number of carbonyl (C=O) groups excluding carboxylic acids is 1. The molecule has 0 aliphatic rings. The fourth-order valence-corrected chi connectivity index (χ4v) is 1.36. The van der Waals surface area contributed by atoms with E-state index in [0.717, 1.165) is 0 Å². The molecule has 1 aromatic rings. The third-order valence-electron chi connectivity index (χ3n) is 1.75. The third-order valence-corrected chi connectivity index (χ3v) is 2.25. The number of nitrogens with one attached hydrogen (secondary N) is 1. The molecule has 88 valence electrons. The van der Waals surface area contributed by atoms with Crippen molar-refractivity contribution in [2.24, 2.45) is 5.92 Å². The largest absolute Gasteiger partial charge is 0.277 e. The normalized spacial score (nSPS) is 10.6. The van der Waals surface area contributed by atoms with E-state index in [0.29, 0.717) is 17.0 Å². The maximum atomic E-state index is 13.3. The van der Waals surface area contributed by atoms with Crippen LogP contribution in [0.2, 0.25) is 0 Å². The van der Waals surface area contributed by atoms with E-state index in [2.05, 4.69) is 21.4 Å². The SMILES string of the molecule is CC(C)CONC(=O)c1cc(Br)ccc1F. The Hall–Kier alpha value is -0.940. The predicted molar refractivity (Wildman–Crippen MR) is 62.4 cm³/mol. The van der Waals surface area contributed by atoms with Crippen molar-refractivity contribution in [2.75, 3.05) is 6.61 Å². The number of hydrogen-bond donors (Lipinski definition) is 1. The average molecular weight is 290 g/mol. The van der Waals surface area contributed by atoms with Crippen LogP contribution in [0.25, 0.3) is 0 Å². The molecular formula is C11H13BrFNO2. The summed E-state index contributed by atoms with van der Waals surface area (Å²) < 4.78 is 13.9. The zero-order valence-electron chi connectivity index (χ0n) is 9.09. The van der Waals surface area contributed by atoms with Crippen LogP contribution < -0.4 is 5.48 Å². The molecule has 0 fully saturated rings. The lowest BCUT2D eigenvalue weighted by molar-refractivity contribution is 0.0205. The second kappa shape index (κ2) is 5.96. The summed E-state index contributed by atoms with van der Waals surface area (Å²) in [5.74, 6) is -0.860. The van der Waals surface area contributed by atoms with Gasteiger partial charge in [0.1, 0.15) is 5.82 Å². The zero-order valence-corrected chi connectivity index (χ0v) is 10.7. The van der Waals surface area contributed by atoms with Crippen molar-refractivity contribution < 1.29 is 14.0 Å². The van der Waals surface area contributed by atoms with Crippen molar-refractivity contribution in [2.45, 2.75) is 13.8 Å². The number of amides is 1. The van der Waals surface area contributed by atoms with Gasteiger partial charge in [-0.1, -0.05) is 29.8 Å². The zero-order chi connectivity index (χ0) is 12.1. The van der Waals surface area contributed by atoms with Gasteiger partial charge in [0.2, 0.25) is 0 Å². The fourth-order valence-electron chi connectivity index (χ4n) is 1.00. The lowest BCUT2D eigenvalue weighted by Crippen LogP contribution is -2.26. The highest BCUT2D eigenvalue weighted by Gasteiger charge is 2.12. The molecule has 0 unspecified atom stereocenters. The number of hydroxylamine groups is 1. The van der Waals surface area contributed by atoms with Crippen molar-refractivity contribution in [3.05, 3.63) is 34.1 Å². The van der Waals surface area contributed by atoms with Crippen LogP contribution in [0.5, 0.6) is 0 Å². The number of hydrogen-bond acceptors (Lipinski definition) is 2. The van der Waals surface area contributed by atoms with Gasteiger partial charge in [-0.15, -0.1) is 0 Å². The quantitative estimate of drug-likeness (QED) is 0.866. The Bertz CT molecular complexity index is 382. The van der Waals surface area contributed by atoms with E-state index in [9.17, 15) is 9.18 Å². The van der Waals surface area contributed by atoms with Crippen LogP contribution in [0.3, 0.4) is 0 Å². The second-order valence-electron chi connectivity index (χ2n) is 3.76. The first-order valence-corrected chi connectivity index (χ1v) is 5.67. The average Bonchev–Trinajstić information content (AvgIpc) is 2.21. The molecule has 0 bridgehead atoms. The molecule has 1 rings (SSSR count). The van der Waals surface area contributed by atoms with Crippen LogP contribution in [-0.4, -0.2) is 12.5 Å². The van der Waals surface area contributed by atoms with Crippen molar-refractivity contribution >= 4 is 21.8 Å². The summed E-state index contributed by atoms with van der Waals surface area (Å²) in [7, 11) is 0. The van der Waals surface area contributed by atoms with Gasteiger partial charge in [-0.25, -0.2) is 9.87 Å². The molecule has 0 atom stereocenters. The fraction of sp³-hybridized carbons (Fsp3) is 0.364. The Morgan fingerprint density at radius 3 is 2.88 bits per heavy atom. The first-order chi connectivity index (χ1) is 7.50. The van der Waals surface area contributed by atoms with Crippen molar-refractivity contribution in [3.63, 3.8) is 0 Å². The summed E-state index contributed by atoms with van der Waals surface area (Å²) in [5.41, 5.74) is 2.16. The molecule has 0 saturated heterocycles. The molecule has 0 radical (unpaired) electrons. The van der Waals surface area contributed by atoms with E-state index in [4.69, 9.17) is 4.84 Å². The molecule has 1 aromatic carbocycles. The number of carbonyl (C=O) groups is 1. The highest BCUT2D eigenvalue weighted by atomic mass is 79.9. The Balaban J connectivity index is 2.62. The molecule has 0 saturated carbocycles. The number of rotatable bonds is 4. The Kier molecular flexibility index (Phi) is 4.89. The maximum Gasteiger partial charge on any atom is 0.277 e. The Morgan fingerprint density at radius 1 is 1.56 bits per heavy atom. The summed E-state index contributed by atoms with van der Waals surface area (Å²) >= 11 is 3.17. The van der Waals surface area contributed by atoms with Gasteiger partial charge in [-0.3, -0.25) is 9.63 Å². The molecule has 3 nitrogen and oxygen atoms in total. The van der Waals surface area contributed by atoms with Crippen LogP contribution in [0.1, 0.15) is 24.2 Å². The van der Waals surface area contributed by atoms with Gasteiger partial charge in [0, 0.05) is 4.47 Å². The number of benzene rings is 1. The van der Waals surface area contributed by atoms with E-state index in [-0.39, 0.29) is 5.56 Å².